The molecule has 1 saturated heterocycles. The van der Waals surface area contributed by atoms with Gasteiger partial charge < -0.3 is 5.32 Å². The van der Waals surface area contributed by atoms with Crippen molar-refractivity contribution in [3.63, 3.8) is 0 Å². The topological polar surface area (TPSA) is 15.3 Å². The quantitative estimate of drug-likeness (QED) is 0.741. The molecule has 1 aliphatic heterocycles. The highest BCUT2D eigenvalue weighted by Crippen LogP contribution is 2.32. The number of hydrogen-bond acceptors (Lipinski definition) is 2. The largest absolute Gasteiger partial charge is 0.310 e. The highest BCUT2D eigenvalue weighted by Gasteiger charge is 2.34. The van der Waals surface area contributed by atoms with Crippen molar-refractivity contribution in [3.05, 3.63) is 0 Å². The molecule has 2 fully saturated rings. The van der Waals surface area contributed by atoms with Crippen molar-refractivity contribution >= 4 is 0 Å². The van der Waals surface area contributed by atoms with Crippen molar-refractivity contribution in [1.29, 1.82) is 0 Å². The van der Waals surface area contributed by atoms with Gasteiger partial charge in [0.15, 0.2) is 0 Å². The van der Waals surface area contributed by atoms with Crippen LogP contribution in [0.3, 0.4) is 0 Å². The first-order valence-electron chi connectivity index (χ1n) is 6.15. The number of nitrogens with one attached hydrogen (secondary N) is 1. The molecular weight excluding hydrogens is 172 g/mol. The van der Waals surface area contributed by atoms with Crippen LogP contribution in [0.2, 0.25) is 0 Å². The maximum absolute atomic E-state index is 3.64. The zero-order valence-corrected chi connectivity index (χ0v) is 9.79. The minimum atomic E-state index is 0.639. The van der Waals surface area contributed by atoms with Gasteiger partial charge in [-0.2, -0.15) is 0 Å². The fourth-order valence-electron chi connectivity index (χ4n) is 2.88. The molecule has 2 rings (SSSR count). The average Bonchev–Trinajstić information content (AvgIpc) is 2.46. The third-order valence-corrected chi connectivity index (χ3v) is 3.65. The molecular formula is C12H24N2. The minimum absolute atomic E-state index is 0.639. The summed E-state index contributed by atoms with van der Waals surface area (Å²) in [6.45, 7) is 9.47. The lowest BCUT2D eigenvalue weighted by Gasteiger charge is -2.39. The Morgan fingerprint density at radius 3 is 2.57 bits per heavy atom. The standard InChI is InChI=1S/C12H24N2/c1-9(2)13-11-4-5-14(8-11)12-6-10(3)7-12/h9-13H,4-8H2,1-3H3. The van der Waals surface area contributed by atoms with Crippen molar-refractivity contribution in [2.45, 2.75) is 58.2 Å². The van der Waals surface area contributed by atoms with E-state index in [1.54, 1.807) is 0 Å². The van der Waals surface area contributed by atoms with Crippen LogP contribution < -0.4 is 5.32 Å². The number of likely N-dealkylation sites (tertiary alicyclic amines) is 1. The molecule has 1 heterocycles. The van der Waals surface area contributed by atoms with Gasteiger partial charge in [-0.3, -0.25) is 4.90 Å². The Morgan fingerprint density at radius 1 is 1.29 bits per heavy atom. The highest BCUT2D eigenvalue weighted by molar-refractivity contribution is 4.91. The smallest absolute Gasteiger partial charge is 0.0209 e. The first-order valence-corrected chi connectivity index (χ1v) is 6.15. The summed E-state index contributed by atoms with van der Waals surface area (Å²) in [5.74, 6) is 0.983. The molecule has 2 aliphatic rings. The maximum atomic E-state index is 3.64. The lowest BCUT2D eigenvalue weighted by molar-refractivity contribution is 0.107. The summed E-state index contributed by atoms with van der Waals surface area (Å²) in [4.78, 5) is 2.69. The van der Waals surface area contributed by atoms with Crippen LogP contribution in [0.1, 0.15) is 40.0 Å². The molecule has 14 heavy (non-hydrogen) atoms. The zero-order valence-electron chi connectivity index (χ0n) is 9.79. The van der Waals surface area contributed by atoms with E-state index in [2.05, 4.69) is 31.0 Å². The molecule has 0 spiro atoms. The predicted molar refractivity (Wildman–Crippen MR) is 60.4 cm³/mol. The second-order valence-corrected chi connectivity index (χ2v) is 5.53. The Kier molecular flexibility index (Phi) is 3.13. The van der Waals surface area contributed by atoms with Crippen LogP contribution in [0.5, 0.6) is 0 Å². The summed E-state index contributed by atoms with van der Waals surface area (Å²) in [6.07, 6.45) is 4.23. The van der Waals surface area contributed by atoms with Gasteiger partial charge in [-0.1, -0.05) is 20.8 Å². The molecule has 1 unspecified atom stereocenters. The molecule has 0 aromatic carbocycles. The summed E-state index contributed by atoms with van der Waals surface area (Å²) < 4.78 is 0. The Hall–Kier alpha value is -0.0800. The fourth-order valence-corrected chi connectivity index (χ4v) is 2.88. The molecule has 2 nitrogen and oxygen atoms in total. The molecule has 1 aliphatic carbocycles. The van der Waals surface area contributed by atoms with Crippen LogP contribution in [0.25, 0.3) is 0 Å². The normalized spacial score (nSPS) is 39.0. The molecule has 2 heteroatoms. The SMILES string of the molecule is CC1CC(N2CCC(NC(C)C)C2)C1. The number of nitrogens with zero attached hydrogens (tertiary/aromatic N) is 1. The lowest BCUT2D eigenvalue weighted by Crippen LogP contribution is -2.44. The summed E-state index contributed by atoms with van der Waals surface area (Å²) >= 11 is 0. The molecule has 1 saturated carbocycles. The van der Waals surface area contributed by atoms with Gasteiger partial charge in [0.25, 0.3) is 0 Å². The molecule has 1 N–H and O–H groups in total. The van der Waals surface area contributed by atoms with Gasteiger partial charge in [0.2, 0.25) is 0 Å². The first-order chi connectivity index (χ1) is 6.65. The number of hydrogen-bond donors (Lipinski definition) is 1. The van der Waals surface area contributed by atoms with Gasteiger partial charge in [0.1, 0.15) is 0 Å². The van der Waals surface area contributed by atoms with E-state index < -0.39 is 0 Å². The third kappa shape index (κ3) is 2.29. The van der Waals surface area contributed by atoms with Gasteiger partial charge in [-0.15, -0.1) is 0 Å². The van der Waals surface area contributed by atoms with Crippen LogP contribution in [-0.2, 0) is 0 Å². The van der Waals surface area contributed by atoms with Gasteiger partial charge in [0.05, 0.1) is 0 Å². The van der Waals surface area contributed by atoms with E-state index >= 15 is 0 Å². The van der Waals surface area contributed by atoms with E-state index in [0.717, 1.165) is 18.0 Å². The van der Waals surface area contributed by atoms with E-state index in [-0.39, 0.29) is 0 Å². The van der Waals surface area contributed by atoms with Crippen molar-refractivity contribution < 1.29 is 0 Å². The van der Waals surface area contributed by atoms with Gasteiger partial charge >= 0.3 is 0 Å². The van der Waals surface area contributed by atoms with Crippen molar-refractivity contribution in [1.82, 2.24) is 10.2 Å². The zero-order chi connectivity index (χ0) is 10.1. The molecule has 82 valence electrons. The Morgan fingerprint density at radius 2 is 2.00 bits per heavy atom. The summed E-state index contributed by atoms with van der Waals surface area (Å²) in [6, 6.07) is 2.31. The second kappa shape index (κ2) is 4.19. The maximum Gasteiger partial charge on any atom is 0.0209 e. The summed E-state index contributed by atoms with van der Waals surface area (Å²) in [5, 5.41) is 3.64. The van der Waals surface area contributed by atoms with Crippen LogP contribution in [0.15, 0.2) is 0 Å². The van der Waals surface area contributed by atoms with Crippen LogP contribution >= 0.6 is 0 Å². The van der Waals surface area contributed by atoms with E-state index in [9.17, 15) is 0 Å². The average molecular weight is 196 g/mol. The van der Waals surface area contributed by atoms with Crippen LogP contribution in [0.4, 0.5) is 0 Å². The van der Waals surface area contributed by atoms with E-state index in [1.165, 1.54) is 32.4 Å². The fraction of sp³-hybridized carbons (Fsp3) is 1.00. The predicted octanol–water partition coefficient (Wildman–Crippen LogP) is 1.86. The van der Waals surface area contributed by atoms with Gasteiger partial charge in [0, 0.05) is 31.2 Å². The van der Waals surface area contributed by atoms with Gasteiger partial charge in [-0.05, 0) is 25.2 Å². The Labute approximate surface area is 88.1 Å². The molecule has 0 bridgehead atoms. The Balaban J connectivity index is 1.72. The van der Waals surface area contributed by atoms with Crippen molar-refractivity contribution in [2.24, 2.45) is 5.92 Å². The lowest BCUT2D eigenvalue weighted by atomic mass is 9.81. The molecule has 0 radical (unpaired) electrons. The molecule has 1 atom stereocenters. The number of rotatable bonds is 3. The summed E-state index contributed by atoms with van der Waals surface area (Å²) in [7, 11) is 0. The van der Waals surface area contributed by atoms with E-state index in [0.29, 0.717) is 6.04 Å². The second-order valence-electron chi connectivity index (χ2n) is 5.53. The van der Waals surface area contributed by atoms with Crippen molar-refractivity contribution in [3.8, 4) is 0 Å². The van der Waals surface area contributed by atoms with E-state index in [4.69, 9.17) is 0 Å². The minimum Gasteiger partial charge on any atom is -0.310 e. The molecule has 0 aromatic rings. The van der Waals surface area contributed by atoms with E-state index in [1.807, 2.05) is 0 Å². The third-order valence-electron chi connectivity index (χ3n) is 3.65. The Bertz CT molecular complexity index is 185. The van der Waals surface area contributed by atoms with Gasteiger partial charge in [-0.25, -0.2) is 0 Å². The molecule has 0 amide bonds. The first kappa shape index (κ1) is 10.4. The van der Waals surface area contributed by atoms with Crippen molar-refractivity contribution in [2.75, 3.05) is 13.1 Å². The van der Waals surface area contributed by atoms with Crippen LogP contribution in [0, 0.1) is 5.92 Å². The highest BCUT2D eigenvalue weighted by atomic mass is 15.2. The molecule has 0 aromatic heterocycles. The van der Waals surface area contributed by atoms with Crippen LogP contribution in [-0.4, -0.2) is 36.1 Å². The summed E-state index contributed by atoms with van der Waals surface area (Å²) in [5.41, 5.74) is 0. The monoisotopic (exact) mass is 196 g/mol.